The number of piperidine rings is 1. The third kappa shape index (κ3) is 3.01. The molecule has 1 amide bonds. The SMILES string of the molecule is CC1CC(c2ccccc2)CN1C(=O)C1CC12CCNCC2.Cl. The van der Waals surface area contributed by atoms with Crippen molar-refractivity contribution >= 4 is 18.3 Å². The number of carbonyl (C=O) groups excluding carboxylic acids is 1. The second-order valence-electron chi connectivity index (χ2n) is 7.55. The van der Waals surface area contributed by atoms with Gasteiger partial charge in [-0.05, 0) is 56.7 Å². The van der Waals surface area contributed by atoms with Crippen molar-refractivity contribution in [2.45, 2.75) is 44.6 Å². The summed E-state index contributed by atoms with van der Waals surface area (Å²) in [6.45, 7) is 5.31. The van der Waals surface area contributed by atoms with E-state index in [0.717, 1.165) is 32.5 Å². The van der Waals surface area contributed by atoms with Crippen LogP contribution in [0.3, 0.4) is 0 Å². The van der Waals surface area contributed by atoms with Crippen molar-refractivity contribution in [2.75, 3.05) is 19.6 Å². The minimum atomic E-state index is 0. The lowest BCUT2D eigenvalue weighted by Crippen LogP contribution is -2.38. The number of benzene rings is 1. The van der Waals surface area contributed by atoms with Gasteiger partial charge in [-0.3, -0.25) is 4.79 Å². The summed E-state index contributed by atoms with van der Waals surface area (Å²) in [7, 11) is 0. The Morgan fingerprint density at radius 1 is 1.22 bits per heavy atom. The number of hydrogen-bond donors (Lipinski definition) is 1. The van der Waals surface area contributed by atoms with Crippen LogP contribution < -0.4 is 5.32 Å². The predicted octanol–water partition coefficient (Wildman–Crippen LogP) is 3.20. The molecule has 0 radical (unpaired) electrons. The zero-order chi connectivity index (χ0) is 15.2. The number of hydrogen-bond acceptors (Lipinski definition) is 2. The molecule has 2 saturated heterocycles. The van der Waals surface area contributed by atoms with Crippen molar-refractivity contribution in [3.05, 3.63) is 35.9 Å². The fraction of sp³-hybridized carbons (Fsp3) is 0.632. The standard InChI is InChI=1S/C19H26N2O.ClH/c1-14-11-16(15-5-3-2-4-6-15)13-21(14)18(22)17-12-19(17)7-9-20-10-8-19;/h2-6,14,16-17,20H,7-13H2,1H3;1H. The Bertz CT molecular complexity index is 556. The number of halogens is 1. The van der Waals surface area contributed by atoms with Crippen molar-refractivity contribution in [1.29, 1.82) is 0 Å². The molecule has 1 N–H and O–H groups in total. The molecule has 3 aliphatic rings. The molecule has 0 bridgehead atoms. The van der Waals surface area contributed by atoms with Crippen LogP contribution in [-0.2, 0) is 4.79 Å². The van der Waals surface area contributed by atoms with Crippen molar-refractivity contribution < 1.29 is 4.79 Å². The van der Waals surface area contributed by atoms with E-state index in [1.165, 1.54) is 18.4 Å². The summed E-state index contributed by atoms with van der Waals surface area (Å²) in [5, 5.41) is 3.42. The molecule has 3 fully saturated rings. The summed E-state index contributed by atoms with van der Waals surface area (Å²) < 4.78 is 0. The van der Waals surface area contributed by atoms with Crippen LogP contribution in [0.1, 0.15) is 44.1 Å². The minimum Gasteiger partial charge on any atom is -0.339 e. The average molecular weight is 335 g/mol. The molecule has 1 spiro atoms. The molecule has 1 aliphatic carbocycles. The summed E-state index contributed by atoms with van der Waals surface area (Å²) in [6.07, 6.45) is 4.62. The topological polar surface area (TPSA) is 32.3 Å². The zero-order valence-electron chi connectivity index (χ0n) is 13.8. The Kier molecular flexibility index (Phi) is 4.70. The largest absolute Gasteiger partial charge is 0.339 e. The van der Waals surface area contributed by atoms with Gasteiger partial charge < -0.3 is 10.2 Å². The normalized spacial score (nSPS) is 31.7. The molecule has 3 unspecified atom stereocenters. The Balaban J connectivity index is 0.00000156. The van der Waals surface area contributed by atoms with Crippen LogP contribution in [0.2, 0.25) is 0 Å². The van der Waals surface area contributed by atoms with Gasteiger partial charge in [-0.2, -0.15) is 0 Å². The monoisotopic (exact) mass is 334 g/mol. The minimum absolute atomic E-state index is 0. The van der Waals surface area contributed by atoms with E-state index >= 15 is 0 Å². The Morgan fingerprint density at radius 2 is 1.91 bits per heavy atom. The lowest BCUT2D eigenvalue weighted by Gasteiger charge is -2.26. The van der Waals surface area contributed by atoms with Gasteiger partial charge in [-0.1, -0.05) is 30.3 Å². The van der Waals surface area contributed by atoms with Gasteiger partial charge in [0.05, 0.1) is 0 Å². The molecule has 2 aliphatic heterocycles. The summed E-state index contributed by atoms with van der Waals surface area (Å²) >= 11 is 0. The molecule has 4 rings (SSSR count). The van der Waals surface area contributed by atoms with Gasteiger partial charge in [0.25, 0.3) is 0 Å². The van der Waals surface area contributed by atoms with Crippen LogP contribution in [0.15, 0.2) is 30.3 Å². The predicted molar refractivity (Wildman–Crippen MR) is 94.9 cm³/mol. The number of nitrogens with one attached hydrogen (secondary N) is 1. The van der Waals surface area contributed by atoms with Crippen molar-refractivity contribution in [3.8, 4) is 0 Å². The third-order valence-electron chi connectivity index (χ3n) is 6.22. The summed E-state index contributed by atoms with van der Waals surface area (Å²) in [4.78, 5) is 15.2. The first-order valence-corrected chi connectivity index (χ1v) is 8.76. The quantitative estimate of drug-likeness (QED) is 0.900. The van der Waals surface area contributed by atoms with Gasteiger partial charge in [0.15, 0.2) is 0 Å². The van der Waals surface area contributed by atoms with E-state index in [9.17, 15) is 4.79 Å². The Hall–Kier alpha value is -1.06. The maximum Gasteiger partial charge on any atom is 0.226 e. The van der Waals surface area contributed by atoms with Gasteiger partial charge in [0, 0.05) is 24.4 Å². The second-order valence-corrected chi connectivity index (χ2v) is 7.55. The van der Waals surface area contributed by atoms with Gasteiger partial charge in [0.2, 0.25) is 5.91 Å². The van der Waals surface area contributed by atoms with Crippen molar-refractivity contribution in [1.82, 2.24) is 10.2 Å². The average Bonchev–Trinajstić information content (AvgIpc) is 3.09. The summed E-state index contributed by atoms with van der Waals surface area (Å²) in [6, 6.07) is 11.1. The Labute approximate surface area is 145 Å². The zero-order valence-corrected chi connectivity index (χ0v) is 14.6. The lowest BCUT2D eigenvalue weighted by molar-refractivity contribution is -0.134. The first kappa shape index (κ1) is 16.8. The molecule has 4 heteroatoms. The maximum absolute atomic E-state index is 13.0. The molecule has 1 aromatic carbocycles. The Morgan fingerprint density at radius 3 is 2.61 bits per heavy atom. The summed E-state index contributed by atoms with van der Waals surface area (Å²) in [5.74, 6) is 1.27. The fourth-order valence-corrected chi connectivity index (χ4v) is 4.68. The molecule has 1 aromatic rings. The highest BCUT2D eigenvalue weighted by atomic mass is 35.5. The first-order chi connectivity index (χ1) is 10.7. The highest BCUT2D eigenvalue weighted by Gasteiger charge is 2.59. The highest BCUT2D eigenvalue weighted by molar-refractivity contribution is 5.85. The fourth-order valence-electron chi connectivity index (χ4n) is 4.68. The van der Waals surface area contributed by atoms with E-state index in [1.54, 1.807) is 0 Å². The maximum atomic E-state index is 13.0. The number of amides is 1. The number of rotatable bonds is 2. The molecular weight excluding hydrogens is 308 g/mol. The molecule has 23 heavy (non-hydrogen) atoms. The molecule has 0 aromatic heterocycles. The molecule has 126 valence electrons. The van der Waals surface area contributed by atoms with Crippen LogP contribution in [0, 0.1) is 11.3 Å². The lowest BCUT2D eigenvalue weighted by atomic mass is 9.91. The van der Waals surface area contributed by atoms with E-state index < -0.39 is 0 Å². The van der Waals surface area contributed by atoms with E-state index in [-0.39, 0.29) is 12.4 Å². The first-order valence-electron chi connectivity index (χ1n) is 8.76. The van der Waals surface area contributed by atoms with E-state index in [0.29, 0.717) is 29.2 Å². The van der Waals surface area contributed by atoms with Gasteiger partial charge >= 0.3 is 0 Å². The van der Waals surface area contributed by atoms with Gasteiger partial charge in [-0.25, -0.2) is 0 Å². The smallest absolute Gasteiger partial charge is 0.226 e. The number of carbonyl (C=O) groups is 1. The third-order valence-corrected chi connectivity index (χ3v) is 6.22. The van der Waals surface area contributed by atoms with Crippen LogP contribution >= 0.6 is 12.4 Å². The van der Waals surface area contributed by atoms with Gasteiger partial charge in [-0.15, -0.1) is 12.4 Å². The van der Waals surface area contributed by atoms with E-state index in [2.05, 4.69) is 47.5 Å². The molecule has 3 atom stereocenters. The van der Waals surface area contributed by atoms with Crippen LogP contribution in [0.25, 0.3) is 0 Å². The van der Waals surface area contributed by atoms with Gasteiger partial charge in [0.1, 0.15) is 0 Å². The van der Waals surface area contributed by atoms with Crippen molar-refractivity contribution in [3.63, 3.8) is 0 Å². The summed E-state index contributed by atoms with van der Waals surface area (Å²) in [5.41, 5.74) is 1.74. The van der Waals surface area contributed by atoms with Crippen molar-refractivity contribution in [2.24, 2.45) is 11.3 Å². The van der Waals surface area contributed by atoms with E-state index in [1.807, 2.05) is 0 Å². The number of likely N-dealkylation sites (tertiary alicyclic amines) is 1. The second kappa shape index (κ2) is 6.45. The van der Waals surface area contributed by atoms with Crippen LogP contribution in [0.5, 0.6) is 0 Å². The van der Waals surface area contributed by atoms with Crippen LogP contribution in [0.4, 0.5) is 0 Å². The molecule has 3 nitrogen and oxygen atoms in total. The highest BCUT2D eigenvalue weighted by Crippen LogP contribution is 2.59. The molecular formula is C19H27ClN2O. The number of nitrogens with zero attached hydrogens (tertiary/aromatic N) is 1. The van der Waals surface area contributed by atoms with E-state index in [4.69, 9.17) is 0 Å². The molecule has 2 heterocycles. The van der Waals surface area contributed by atoms with Crippen LogP contribution in [-0.4, -0.2) is 36.5 Å². The molecule has 1 saturated carbocycles.